The lowest BCUT2D eigenvalue weighted by Gasteiger charge is -2.31. The fraction of sp³-hybridized carbons (Fsp3) is 0.462. The number of aromatic carboxylic acids is 1. The van der Waals surface area contributed by atoms with E-state index in [1.807, 2.05) is 12.1 Å². The van der Waals surface area contributed by atoms with E-state index >= 15 is 0 Å². The van der Waals surface area contributed by atoms with Crippen molar-refractivity contribution in [3.05, 3.63) is 68.4 Å². The molecule has 3 aromatic rings. The molecule has 7 nitrogen and oxygen atoms in total. The molecule has 1 fully saturated rings. The number of benzene rings is 1. The maximum Gasteiger partial charge on any atom is 0.355 e. The molecule has 3 heterocycles. The van der Waals surface area contributed by atoms with E-state index in [1.54, 1.807) is 0 Å². The predicted molar refractivity (Wildman–Crippen MR) is 131 cm³/mol. The van der Waals surface area contributed by atoms with Crippen LogP contribution in [0.3, 0.4) is 0 Å². The zero-order chi connectivity index (χ0) is 27.0. The Morgan fingerprint density at radius 2 is 1.82 bits per heavy atom. The summed E-state index contributed by atoms with van der Waals surface area (Å²) in [7, 11) is 0. The van der Waals surface area contributed by atoms with Crippen LogP contribution in [-0.2, 0) is 17.8 Å². The number of fused-ring (bicyclic) bond motifs is 1. The number of thiazole rings is 1. The zero-order valence-electron chi connectivity index (χ0n) is 20.3. The molecule has 1 amide bonds. The SMILES string of the molecule is O=C(O)c1nc(C2CCN(C(=O)Cn3nc(C(F)F)cc3C(F)F)CC2)sc1C1CCCc2ccccc21. The van der Waals surface area contributed by atoms with E-state index in [2.05, 4.69) is 22.2 Å². The van der Waals surface area contributed by atoms with Crippen molar-refractivity contribution in [2.45, 2.75) is 63.3 Å². The highest BCUT2D eigenvalue weighted by atomic mass is 32.1. The second kappa shape index (κ2) is 10.8. The zero-order valence-corrected chi connectivity index (χ0v) is 21.1. The molecule has 0 radical (unpaired) electrons. The van der Waals surface area contributed by atoms with Crippen molar-refractivity contribution in [2.24, 2.45) is 0 Å². The number of amides is 1. The number of aryl methyl sites for hydroxylation is 1. The van der Waals surface area contributed by atoms with Gasteiger partial charge in [0.25, 0.3) is 12.9 Å². The Morgan fingerprint density at radius 1 is 1.08 bits per heavy atom. The Bertz CT molecular complexity index is 1330. The summed E-state index contributed by atoms with van der Waals surface area (Å²) in [5.74, 6) is -1.61. The number of carboxylic acid groups (broad SMARTS) is 1. The molecule has 2 aromatic heterocycles. The quantitative estimate of drug-likeness (QED) is 0.377. The molecule has 1 saturated heterocycles. The molecule has 1 aromatic carbocycles. The van der Waals surface area contributed by atoms with Gasteiger partial charge >= 0.3 is 5.97 Å². The van der Waals surface area contributed by atoms with Crippen LogP contribution in [0.1, 0.15) is 93.3 Å². The van der Waals surface area contributed by atoms with E-state index in [0.717, 1.165) is 34.7 Å². The predicted octanol–water partition coefficient (Wildman–Crippen LogP) is 5.79. The number of hydrogen-bond donors (Lipinski definition) is 1. The summed E-state index contributed by atoms with van der Waals surface area (Å²) in [6, 6.07) is 8.72. The van der Waals surface area contributed by atoms with Crippen LogP contribution in [0.2, 0.25) is 0 Å². The number of hydrogen-bond acceptors (Lipinski definition) is 5. The Morgan fingerprint density at radius 3 is 2.50 bits per heavy atom. The number of likely N-dealkylation sites (tertiary alicyclic amines) is 1. The Labute approximate surface area is 220 Å². The van der Waals surface area contributed by atoms with Gasteiger partial charge in [-0.25, -0.2) is 27.3 Å². The van der Waals surface area contributed by atoms with Crippen molar-refractivity contribution < 1.29 is 32.3 Å². The number of carboxylic acids is 1. The average molecular weight is 551 g/mol. The van der Waals surface area contributed by atoms with Gasteiger partial charge in [0.2, 0.25) is 5.91 Å². The Balaban J connectivity index is 1.29. The second-order valence-corrected chi connectivity index (χ2v) is 10.7. The van der Waals surface area contributed by atoms with Crippen LogP contribution in [0.5, 0.6) is 0 Å². The number of rotatable bonds is 7. The Kier molecular flexibility index (Phi) is 7.51. The molecule has 2 aliphatic rings. The summed E-state index contributed by atoms with van der Waals surface area (Å²) in [4.78, 5) is 31.6. The molecular formula is C26H26F4N4O3S. The van der Waals surface area contributed by atoms with Gasteiger partial charge in [-0.2, -0.15) is 5.10 Å². The van der Waals surface area contributed by atoms with Crippen molar-refractivity contribution in [2.75, 3.05) is 13.1 Å². The van der Waals surface area contributed by atoms with Crippen LogP contribution < -0.4 is 0 Å². The van der Waals surface area contributed by atoms with Crippen LogP contribution in [0, 0.1) is 0 Å². The summed E-state index contributed by atoms with van der Waals surface area (Å²) in [5.41, 5.74) is 0.951. The van der Waals surface area contributed by atoms with Crippen molar-refractivity contribution in [3.63, 3.8) is 0 Å². The standard InChI is InChI=1S/C26H26F4N4O3S/c27-23(28)18-12-19(24(29)30)34(32-18)13-20(35)33-10-8-15(9-11-33)25-31-21(26(36)37)22(38-25)17-7-3-5-14-4-1-2-6-16(14)17/h1-2,4,6,12,15,17,23-24H,3,5,7-11,13H2,(H,36,37). The molecular weight excluding hydrogens is 524 g/mol. The number of aromatic nitrogens is 3. The monoisotopic (exact) mass is 550 g/mol. The molecule has 38 heavy (non-hydrogen) atoms. The highest BCUT2D eigenvalue weighted by Crippen LogP contribution is 2.43. The minimum atomic E-state index is -3.04. The lowest BCUT2D eigenvalue weighted by Crippen LogP contribution is -2.40. The normalized spacial score (nSPS) is 18.3. The van der Waals surface area contributed by atoms with Crippen LogP contribution in [0.4, 0.5) is 17.6 Å². The summed E-state index contributed by atoms with van der Waals surface area (Å²) >= 11 is 1.42. The molecule has 5 rings (SSSR count). The van der Waals surface area contributed by atoms with E-state index in [1.165, 1.54) is 21.8 Å². The van der Waals surface area contributed by atoms with E-state index in [9.17, 15) is 32.3 Å². The number of nitrogens with zero attached hydrogens (tertiary/aromatic N) is 4. The van der Waals surface area contributed by atoms with Crippen LogP contribution >= 0.6 is 11.3 Å². The smallest absolute Gasteiger partial charge is 0.355 e. The molecule has 0 saturated carbocycles. The van der Waals surface area contributed by atoms with Crippen LogP contribution in [0.15, 0.2) is 30.3 Å². The molecule has 0 spiro atoms. The summed E-state index contributed by atoms with van der Waals surface area (Å²) < 4.78 is 53.0. The molecule has 1 atom stereocenters. The Hall–Kier alpha value is -3.28. The lowest BCUT2D eigenvalue weighted by atomic mass is 9.81. The van der Waals surface area contributed by atoms with E-state index in [4.69, 9.17) is 0 Å². The third-order valence-corrected chi connectivity index (χ3v) is 8.65. The third-order valence-electron chi connectivity index (χ3n) is 7.32. The average Bonchev–Trinajstić information content (AvgIpc) is 3.54. The molecule has 12 heteroatoms. The number of halogens is 4. The molecule has 1 aliphatic heterocycles. The summed E-state index contributed by atoms with van der Waals surface area (Å²) in [6.07, 6.45) is -2.20. The summed E-state index contributed by atoms with van der Waals surface area (Å²) in [5, 5.41) is 14.1. The van der Waals surface area contributed by atoms with Crippen molar-refractivity contribution in [1.82, 2.24) is 19.7 Å². The number of carbonyl (C=O) groups is 2. The number of alkyl halides is 4. The first-order chi connectivity index (χ1) is 18.2. The molecule has 1 N–H and O–H groups in total. The van der Waals surface area contributed by atoms with Crippen LogP contribution in [0.25, 0.3) is 0 Å². The largest absolute Gasteiger partial charge is 0.476 e. The fourth-order valence-corrected chi connectivity index (χ4v) is 6.79. The molecule has 1 unspecified atom stereocenters. The first-order valence-electron chi connectivity index (χ1n) is 12.5. The van der Waals surface area contributed by atoms with E-state index < -0.39 is 42.7 Å². The molecule has 1 aliphatic carbocycles. The molecule has 0 bridgehead atoms. The van der Waals surface area contributed by atoms with Gasteiger partial charge in [0, 0.05) is 29.8 Å². The lowest BCUT2D eigenvalue weighted by molar-refractivity contribution is -0.133. The van der Waals surface area contributed by atoms with E-state index in [0.29, 0.717) is 36.7 Å². The van der Waals surface area contributed by atoms with E-state index in [-0.39, 0.29) is 17.5 Å². The molecule has 202 valence electrons. The van der Waals surface area contributed by atoms with Crippen LogP contribution in [-0.4, -0.2) is 49.7 Å². The minimum absolute atomic E-state index is 0.0183. The van der Waals surface area contributed by atoms with Crippen molar-refractivity contribution in [3.8, 4) is 0 Å². The summed E-state index contributed by atoms with van der Waals surface area (Å²) in [6.45, 7) is 0.0862. The highest BCUT2D eigenvalue weighted by Gasteiger charge is 2.33. The first kappa shape index (κ1) is 26.3. The van der Waals surface area contributed by atoms with Gasteiger partial charge in [-0.05, 0) is 49.3 Å². The van der Waals surface area contributed by atoms with Gasteiger partial charge in [-0.1, -0.05) is 24.3 Å². The van der Waals surface area contributed by atoms with Gasteiger partial charge in [0.15, 0.2) is 5.69 Å². The van der Waals surface area contributed by atoms with Gasteiger partial charge in [-0.15, -0.1) is 11.3 Å². The highest BCUT2D eigenvalue weighted by molar-refractivity contribution is 7.12. The second-order valence-electron chi connectivity index (χ2n) is 9.62. The third kappa shape index (κ3) is 5.18. The minimum Gasteiger partial charge on any atom is -0.476 e. The van der Waals surface area contributed by atoms with Crippen molar-refractivity contribution in [1.29, 1.82) is 0 Å². The fourth-order valence-electron chi connectivity index (χ4n) is 5.40. The topological polar surface area (TPSA) is 88.3 Å². The maximum absolute atomic E-state index is 13.3. The van der Waals surface area contributed by atoms with Crippen molar-refractivity contribution >= 4 is 23.2 Å². The van der Waals surface area contributed by atoms with Gasteiger partial charge in [0.1, 0.15) is 17.9 Å². The number of carbonyl (C=O) groups excluding carboxylic acids is 1. The van der Waals surface area contributed by atoms with Gasteiger partial charge < -0.3 is 10.0 Å². The number of piperidine rings is 1. The van der Waals surface area contributed by atoms with Gasteiger partial charge in [-0.3, -0.25) is 9.48 Å². The maximum atomic E-state index is 13.3. The first-order valence-corrected chi connectivity index (χ1v) is 13.3. The van der Waals surface area contributed by atoms with Gasteiger partial charge in [0.05, 0.1) is 5.01 Å².